The van der Waals surface area contributed by atoms with Gasteiger partial charge in [-0.05, 0) is 34.1 Å². The average Bonchev–Trinajstić information content (AvgIpc) is 2.68. The molecule has 1 saturated heterocycles. The van der Waals surface area contributed by atoms with Gasteiger partial charge in [0, 0.05) is 57.5 Å². The zero-order valence-electron chi connectivity index (χ0n) is 18.9. The number of nitrogens with zero attached hydrogens (tertiary/aromatic N) is 4. The van der Waals surface area contributed by atoms with Gasteiger partial charge in [0.15, 0.2) is 5.16 Å². The van der Waals surface area contributed by atoms with Gasteiger partial charge < -0.3 is 25.2 Å². The van der Waals surface area contributed by atoms with Crippen molar-refractivity contribution in [2.24, 2.45) is 0 Å². The number of anilines is 1. The van der Waals surface area contributed by atoms with Gasteiger partial charge in [-0.3, -0.25) is 4.79 Å². The number of hydrogen-bond donors (Lipinski definition) is 2. The summed E-state index contributed by atoms with van der Waals surface area (Å²) in [6.45, 7) is 10.9. The number of piperazine rings is 1. The van der Waals surface area contributed by atoms with E-state index in [-0.39, 0.29) is 29.3 Å². The largest absolute Gasteiger partial charge is 0.385 e. The van der Waals surface area contributed by atoms with Crippen molar-refractivity contribution in [2.75, 3.05) is 50.5 Å². The molecular weight excluding hydrogens is 440 g/mol. The van der Waals surface area contributed by atoms with Gasteiger partial charge in [0.25, 0.3) is 0 Å². The van der Waals surface area contributed by atoms with E-state index in [9.17, 15) is 9.59 Å². The van der Waals surface area contributed by atoms with Crippen LogP contribution in [0.3, 0.4) is 0 Å². The van der Waals surface area contributed by atoms with Gasteiger partial charge in [0.1, 0.15) is 11.0 Å². The number of hydrogen-bond acceptors (Lipinski definition) is 7. The summed E-state index contributed by atoms with van der Waals surface area (Å²) in [4.78, 5) is 37.3. The molecule has 9 nitrogen and oxygen atoms in total. The quantitative estimate of drug-likeness (QED) is 0.259. The van der Waals surface area contributed by atoms with Crippen molar-refractivity contribution >= 4 is 41.1 Å². The third kappa shape index (κ3) is 8.70. The van der Waals surface area contributed by atoms with Gasteiger partial charge in [-0.2, -0.15) is 0 Å². The van der Waals surface area contributed by atoms with Gasteiger partial charge >= 0.3 is 6.03 Å². The number of thioether (sulfide) groups is 1. The topological polar surface area (TPSA) is 99.7 Å². The number of carbonyl (C=O) groups is 2. The first kappa shape index (κ1) is 25.5. The van der Waals surface area contributed by atoms with Crippen molar-refractivity contribution in [1.29, 1.82) is 0 Å². The lowest BCUT2D eigenvalue weighted by Crippen LogP contribution is -2.59. The van der Waals surface area contributed by atoms with Crippen LogP contribution in [0, 0.1) is 0 Å². The number of halogens is 1. The molecule has 0 saturated carbocycles. The Hall–Kier alpha value is -1.78. The number of urea groups is 1. The summed E-state index contributed by atoms with van der Waals surface area (Å²) >= 11 is 7.46. The maximum atomic E-state index is 12.5. The van der Waals surface area contributed by atoms with E-state index in [0.717, 1.165) is 6.42 Å². The summed E-state index contributed by atoms with van der Waals surface area (Å²) in [5.41, 5.74) is -0.281. The normalized spacial score (nSPS) is 16.9. The van der Waals surface area contributed by atoms with Crippen LogP contribution >= 0.6 is 23.4 Å². The first-order valence-corrected chi connectivity index (χ1v) is 11.7. The number of methoxy groups -OCH3 is 1. The molecule has 1 aliphatic rings. The molecule has 1 aliphatic heterocycles. The third-order valence-electron chi connectivity index (χ3n) is 4.53. The molecule has 2 N–H and O–H groups in total. The van der Waals surface area contributed by atoms with Gasteiger partial charge in [0.2, 0.25) is 5.91 Å². The highest BCUT2D eigenvalue weighted by molar-refractivity contribution is 7.99. The molecule has 0 radical (unpaired) electrons. The van der Waals surface area contributed by atoms with Crippen molar-refractivity contribution in [3.8, 4) is 0 Å². The van der Waals surface area contributed by atoms with Crippen molar-refractivity contribution < 1.29 is 14.3 Å². The van der Waals surface area contributed by atoms with E-state index in [1.807, 2.05) is 32.6 Å². The summed E-state index contributed by atoms with van der Waals surface area (Å²) in [5.74, 6) is 0.827. The molecule has 0 aromatic carbocycles. The minimum absolute atomic E-state index is 0.0128. The van der Waals surface area contributed by atoms with E-state index in [2.05, 4.69) is 25.5 Å². The molecule has 2 rings (SSSR count). The molecule has 1 aromatic rings. The number of amides is 3. The molecule has 2 heterocycles. The van der Waals surface area contributed by atoms with Crippen LogP contribution in [0.2, 0.25) is 5.15 Å². The van der Waals surface area contributed by atoms with Crippen LogP contribution in [-0.2, 0) is 9.53 Å². The van der Waals surface area contributed by atoms with E-state index < -0.39 is 0 Å². The number of aromatic nitrogens is 2. The van der Waals surface area contributed by atoms with Gasteiger partial charge in [-0.25, -0.2) is 14.8 Å². The van der Waals surface area contributed by atoms with Crippen LogP contribution in [0.1, 0.15) is 34.1 Å². The Bertz CT molecular complexity index is 761. The highest BCUT2D eigenvalue weighted by atomic mass is 35.5. The van der Waals surface area contributed by atoms with E-state index in [4.69, 9.17) is 16.3 Å². The van der Waals surface area contributed by atoms with E-state index >= 15 is 0 Å². The van der Waals surface area contributed by atoms with Crippen molar-refractivity contribution in [3.05, 3.63) is 11.2 Å². The molecule has 174 valence electrons. The summed E-state index contributed by atoms with van der Waals surface area (Å²) in [6.07, 6.45) is 0.767. The molecule has 11 heteroatoms. The zero-order chi connectivity index (χ0) is 23.0. The highest BCUT2D eigenvalue weighted by Gasteiger charge is 2.30. The molecule has 1 atom stereocenters. The zero-order valence-corrected chi connectivity index (χ0v) is 20.5. The third-order valence-corrected chi connectivity index (χ3v) is 5.58. The molecule has 1 fully saturated rings. The van der Waals surface area contributed by atoms with Crippen LogP contribution in [0.4, 0.5) is 10.6 Å². The van der Waals surface area contributed by atoms with Gasteiger partial charge in [-0.1, -0.05) is 23.4 Å². The van der Waals surface area contributed by atoms with Gasteiger partial charge in [-0.15, -0.1) is 0 Å². The number of ether oxygens (including phenoxy) is 1. The molecule has 31 heavy (non-hydrogen) atoms. The Morgan fingerprint density at radius 3 is 2.71 bits per heavy atom. The molecule has 0 bridgehead atoms. The lowest BCUT2D eigenvalue weighted by atomic mass is 10.1. The predicted octanol–water partition coefficient (Wildman–Crippen LogP) is 2.39. The van der Waals surface area contributed by atoms with Crippen molar-refractivity contribution in [2.45, 2.75) is 50.9 Å². The van der Waals surface area contributed by atoms with Gasteiger partial charge in [0.05, 0.1) is 5.75 Å². The Balaban J connectivity index is 1.93. The fraction of sp³-hybridized carbons (Fsp3) is 0.700. The molecule has 0 aliphatic carbocycles. The Morgan fingerprint density at radius 1 is 1.32 bits per heavy atom. The second-order valence-corrected chi connectivity index (χ2v) is 9.81. The highest BCUT2D eigenvalue weighted by Crippen LogP contribution is 2.24. The summed E-state index contributed by atoms with van der Waals surface area (Å²) < 4.78 is 4.96. The van der Waals surface area contributed by atoms with E-state index in [1.165, 1.54) is 11.8 Å². The van der Waals surface area contributed by atoms with Crippen LogP contribution in [-0.4, -0.2) is 84.0 Å². The van der Waals surface area contributed by atoms with E-state index in [1.54, 1.807) is 13.2 Å². The van der Waals surface area contributed by atoms with Crippen LogP contribution < -0.4 is 15.5 Å². The maximum Gasteiger partial charge on any atom is 0.318 e. The first-order valence-electron chi connectivity index (χ1n) is 10.4. The molecule has 0 spiro atoms. The Kier molecular flexibility index (Phi) is 9.64. The predicted molar refractivity (Wildman–Crippen MR) is 124 cm³/mol. The fourth-order valence-electron chi connectivity index (χ4n) is 3.10. The smallest absolute Gasteiger partial charge is 0.318 e. The SMILES string of the molecule is COCCCNC(=O)CSc1nc(Cl)cc(N2CCN(C(=O)NC(C)(C)C)C(C)C2)n1. The fourth-order valence-corrected chi connectivity index (χ4v) is 4.01. The Morgan fingerprint density at radius 2 is 2.06 bits per heavy atom. The number of rotatable bonds is 8. The molecule has 1 aromatic heterocycles. The Labute approximate surface area is 193 Å². The van der Waals surface area contributed by atoms with Crippen molar-refractivity contribution in [3.63, 3.8) is 0 Å². The van der Waals surface area contributed by atoms with Crippen LogP contribution in [0.15, 0.2) is 11.2 Å². The monoisotopic (exact) mass is 472 g/mol. The van der Waals surface area contributed by atoms with Crippen LogP contribution in [0.25, 0.3) is 0 Å². The average molecular weight is 473 g/mol. The van der Waals surface area contributed by atoms with E-state index in [0.29, 0.717) is 48.9 Å². The summed E-state index contributed by atoms with van der Waals surface area (Å²) in [7, 11) is 1.63. The number of nitrogens with one attached hydrogen (secondary N) is 2. The molecular formula is C20H33ClN6O3S. The minimum Gasteiger partial charge on any atom is -0.385 e. The maximum absolute atomic E-state index is 12.5. The summed E-state index contributed by atoms with van der Waals surface area (Å²) in [6, 6.07) is 1.67. The van der Waals surface area contributed by atoms with Crippen molar-refractivity contribution in [1.82, 2.24) is 25.5 Å². The molecule has 1 unspecified atom stereocenters. The lowest BCUT2D eigenvalue weighted by molar-refractivity contribution is -0.118. The second kappa shape index (κ2) is 11.7. The number of carbonyl (C=O) groups excluding carboxylic acids is 2. The van der Waals surface area contributed by atoms with Crippen LogP contribution in [0.5, 0.6) is 0 Å². The first-order chi connectivity index (χ1) is 14.6. The minimum atomic E-state index is -0.281. The summed E-state index contributed by atoms with van der Waals surface area (Å²) in [5, 5.41) is 6.63. The second-order valence-electron chi connectivity index (χ2n) is 8.49. The molecule has 3 amide bonds. The lowest BCUT2D eigenvalue weighted by Gasteiger charge is -2.41. The standard InChI is InChI=1S/C20H33ClN6O3S/c1-14-12-26(8-9-27(14)19(29)25-20(2,3)4)16-11-15(21)23-18(24-16)31-13-17(28)22-7-6-10-30-5/h11,14H,6-10,12-13H2,1-5H3,(H,22,28)(H,25,29).